The standard InChI is InChI=1S/C50H88O12S/c1-3-5-7-9-11-13-15-17-19-21-22-23-25-27-29-31-33-35-37-39-46(52)60-44(43-59-50-48(54)49(62-63(55,56)57)47(53)45(41-51)61-50)42-58-40-38-36-34-32-30-28-26-24-20-18-16-14-12-10-8-6-4-2/h5,7,11,13,17,19,22-23,27,29,44-45,47-51,53-54H,3-4,6,8-10,12,14-16,18,20-21,24-26,28,30-43H2,1-2H3,(H,55,56,57)/b7-5-,13-11-,19-17-,23-22-,29-27-. The molecule has 0 aliphatic carbocycles. The number of hydrogen-bond acceptors (Lipinski definition) is 11. The number of rotatable bonds is 42. The van der Waals surface area contributed by atoms with Gasteiger partial charge < -0.3 is 34.3 Å². The summed E-state index contributed by atoms with van der Waals surface area (Å²) in [5.74, 6) is -0.429. The van der Waals surface area contributed by atoms with E-state index in [0.717, 1.165) is 70.6 Å². The summed E-state index contributed by atoms with van der Waals surface area (Å²) < 4.78 is 59.1. The molecule has 12 nitrogen and oxygen atoms in total. The Morgan fingerprint density at radius 1 is 0.619 bits per heavy atom. The molecule has 1 rings (SSSR count). The lowest BCUT2D eigenvalue weighted by Gasteiger charge is -2.41. The normalized spacial score (nSPS) is 20.4. The second kappa shape index (κ2) is 41.2. The van der Waals surface area contributed by atoms with E-state index in [1.807, 2.05) is 0 Å². The van der Waals surface area contributed by atoms with Crippen molar-refractivity contribution in [3.05, 3.63) is 60.8 Å². The van der Waals surface area contributed by atoms with E-state index in [4.69, 9.17) is 18.9 Å². The highest BCUT2D eigenvalue weighted by Crippen LogP contribution is 2.26. The van der Waals surface area contributed by atoms with Crippen molar-refractivity contribution in [2.45, 2.75) is 224 Å². The Bertz CT molecular complexity index is 1330. The summed E-state index contributed by atoms with van der Waals surface area (Å²) in [6, 6.07) is 0. The minimum atomic E-state index is -5.07. The van der Waals surface area contributed by atoms with Gasteiger partial charge in [-0.2, -0.15) is 8.42 Å². The van der Waals surface area contributed by atoms with E-state index in [-0.39, 0.29) is 19.6 Å². The lowest BCUT2D eigenvalue weighted by Crippen LogP contribution is -2.60. The zero-order valence-corrected chi connectivity index (χ0v) is 39.9. The second-order valence-corrected chi connectivity index (χ2v) is 17.7. The van der Waals surface area contributed by atoms with Crippen molar-refractivity contribution in [1.29, 1.82) is 0 Å². The molecule has 13 heteroatoms. The molecule has 1 aliphatic rings. The van der Waals surface area contributed by atoms with Crippen LogP contribution in [0.15, 0.2) is 60.8 Å². The van der Waals surface area contributed by atoms with Crippen molar-refractivity contribution >= 4 is 16.4 Å². The van der Waals surface area contributed by atoms with Crippen LogP contribution in [0.25, 0.3) is 0 Å². The van der Waals surface area contributed by atoms with Crippen LogP contribution in [0.3, 0.4) is 0 Å². The number of hydrogen-bond donors (Lipinski definition) is 4. The van der Waals surface area contributed by atoms with Crippen LogP contribution in [0, 0.1) is 0 Å². The summed E-state index contributed by atoms with van der Waals surface area (Å²) in [5, 5.41) is 30.7. The molecule has 0 aromatic rings. The number of ether oxygens (including phenoxy) is 4. The van der Waals surface area contributed by atoms with Crippen molar-refractivity contribution in [2.24, 2.45) is 0 Å². The third-order valence-corrected chi connectivity index (χ3v) is 11.4. The molecule has 1 fully saturated rings. The highest BCUT2D eigenvalue weighted by Gasteiger charge is 2.48. The third-order valence-electron chi connectivity index (χ3n) is 10.9. The molecule has 4 N–H and O–H groups in total. The van der Waals surface area contributed by atoms with Gasteiger partial charge in [-0.25, -0.2) is 4.18 Å². The summed E-state index contributed by atoms with van der Waals surface area (Å²) in [5.41, 5.74) is 0. The number of aliphatic hydroxyl groups excluding tert-OH is 3. The molecule has 0 bridgehead atoms. The molecule has 1 saturated heterocycles. The van der Waals surface area contributed by atoms with Gasteiger partial charge in [0, 0.05) is 13.0 Å². The molecule has 1 aliphatic heterocycles. The first-order valence-electron chi connectivity index (χ1n) is 24.5. The molecule has 366 valence electrons. The summed E-state index contributed by atoms with van der Waals surface area (Å²) in [6.45, 7) is 3.85. The molecular weight excluding hydrogens is 825 g/mol. The van der Waals surface area contributed by atoms with Gasteiger partial charge in [0.1, 0.15) is 30.5 Å². The SMILES string of the molecule is CC/C=C\C/C=C\C/C=C\C/C=C\C/C=C\CCCCCC(=O)OC(COCCCCCCCCCCCCCCCCCCC)COC1OC(CO)C(O)C(OS(=O)(=O)O)C1O. The van der Waals surface area contributed by atoms with Crippen LogP contribution < -0.4 is 0 Å². The Morgan fingerprint density at radius 3 is 1.59 bits per heavy atom. The monoisotopic (exact) mass is 913 g/mol. The van der Waals surface area contributed by atoms with Gasteiger partial charge in [-0.1, -0.05) is 184 Å². The zero-order chi connectivity index (χ0) is 46.1. The van der Waals surface area contributed by atoms with Gasteiger partial charge in [-0.3, -0.25) is 9.35 Å². The molecule has 0 amide bonds. The molecule has 6 unspecified atom stereocenters. The average molecular weight is 913 g/mol. The van der Waals surface area contributed by atoms with Gasteiger partial charge in [-0.05, 0) is 57.8 Å². The number of aliphatic hydroxyl groups is 3. The minimum absolute atomic E-state index is 0.0223. The predicted molar refractivity (Wildman–Crippen MR) is 253 cm³/mol. The van der Waals surface area contributed by atoms with Crippen LogP contribution in [0.2, 0.25) is 0 Å². The van der Waals surface area contributed by atoms with Crippen molar-refractivity contribution in [1.82, 2.24) is 0 Å². The summed E-state index contributed by atoms with van der Waals surface area (Å²) in [4.78, 5) is 12.9. The lowest BCUT2D eigenvalue weighted by molar-refractivity contribution is -0.301. The number of unbranched alkanes of at least 4 members (excludes halogenated alkanes) is 19. The Labute approximate surface area is 382 Å². The van der Waals surface area contributed by atoms with Gasteiger partial charge in [0.2, 0.25) is 0 Å². The van der Waals surface area contributed by atoms with E-state index in [1.54, 1.807) is 0 Å². The minimum Gasteiger partial charge on any atom is -0.457 e. The molecule has 0 aromatic carbocycles. The number of esters is 1. The van der Waals surface area contributed by atoms with E-state index >= 15 is 0 Å². The fourth-order valence-corrected chi connectivity index (χ4v) is 7.74. The smallest absolute Gasteiger partial charge is 0.397 e. The molecule has 6 atom stereocenters. The quantitative estimate of drug-likeness (QED) is 0.0197. The fourth-order valence-electron chi connectivity index (χ4n) is 7.23. The van der Waals surface area contributed by atoms with Crippen LogP contribution in [-0.4, -0.2) is 97.5 Å². The zero-order valence-electron chi connectivity index (χ0n) is 39.1. The topological polar surface area (TPSA) is 178 Å². The van der Waals surface area contributed by atoms with Crippen LogP contribution in [0.4, 0.5) is 0 Å². The van der Waals surface area contributed by atoms with Crippen LogP contribution in [-0.2, 0) is 38.3 Å². The van der Waals surface area contributed by atoms with Crippen LogP contribution >= 0.6 is 0 Å². The van der Waals surface area contributed by atoms with E-state index in [9.17, 15) is 33.1 Å². The van der Waals surface area contributed by atoms with Crippen molar-refractivity contribution in [2.75, 3.05) is 26.4 Å². The number of carbonyl (C=O) groups excluding carboxylic acids is 1. The summed E-state index contributed by atoms with van der Waals surface area (Å²) in [6.07, 6.45) is 42.5. The van der Waals surface area contributed by atoms with E-state index in [0.29, 0.717) is 13.0 Å². The van der Waals surface area contributed by atoms with E-state index in [1.165, 1.54) is 89.9 Å². The maximum atomic E-state index is 12.9. The van der Waals surface area contributed by atoms with Crippen LogP contribution in [0.5, 0.6) is 0 Å². The molecular formula is C50H88O12S. The van der Waals surface area contributed by atoms with Gasteiger partial charge in [0.15, 0.2) is 6.29 Å². The lowest BCUT2D eigenvalue weighted by atomic mass is 9.99. The van der Waals surface area contributed by atoms with Crippen molar-refractivity contribution in [3.8, 4) is 0 Å². The highest BCUT2D eigenvalue weighted by atomic mass is 32.3. The van der Waals surface area contributed by atoms with Gasteiger partial charge in [-0.15, -0.1) is 0 Å². The second-order valence-electron chi connectivity index (χ2n) is 16.7. The third kappa shape index (κ3) is 34.8. The molecule has 0 aromatic heterocycles. The predicted octanol–water partition coefficient (Wildman–Crippen LogP) is 10.9. The number of carbonyl (C=O) groups is 1. The molecule has 0 spiro atoms. The Hall–Kier alpha value is -2.20. The molecule has 63 heavy (non-hydrogen) atoms. The largest absolute Gasteiger partial charge is 0.457 e. The Morgan fingerprint density at radius 2 is 1.10 bits per heavy atom. The van der Waals surface area contributed by atoms with E-state index < -0.39 is 59.8 Å². The van der Waals surface area contributed by atoms with Gasteiger partial charge in [0.05, 0.1) is 19.8 Å². The Kier molecular flexibility index (Phi) is 38.5. The van der Waals surface area contributed by atoms with Gasteiger partial charge in [0.25, 0.3) is 0 Å². The van der Waals surface area contributed by atoms with E-state index in [2.05, 4.69) is 78.8 Å². The summed E-state index contributed by atoms with van der Waals surface area (Å²) in [7, 11) is -5.07. The summed E-state index contributed by atoms with van der Waals surface area (Å²) >= 11 is 0. The average Bonchev–Trinajstić information content (AvgIpc) is 3.26. The Balaban J connectivity index is 2.42. The molecule has 0 radical (unpaired) electrons. The molecule has 1 heterocycles. The fraction of sp³-hybridized carbons (Fsp3) is 0.780. The van der Waals surface area contributed by atoms with Crippen LogP contribution in [0.1, 0.15) is 187 Å². The first-order chi connectivity index (χ1) is 30.6. The first kappa shape index (κ1) is 58.8. The van der Waals surface area contributed by atoms with Crippen molar-refractivity contribution < 1.29 is 56.2 Å². The van der Waals surface area contributed by atoms with Crippen molar-refractivity contribution in [3.63, 3.8) is 0 Å². The van der Waals surface area contributed by atoms with Gasteiger partial charge >= 0.3 is 16.4 Å². The highest BCUT2D eigenvalue weighted by molar-refractivity contribution is 7.80. The maximum absolute atomic E-state index is 12.9. The molecule has 0 saturated carbocycles. The first-order valence-corrected chi connectivity index (χ1v) is 25.9. The maximum Gasteiger partial charge on any atom is 0.397 e. The number of allylic oxidation sites excluding steroid dienone is 10.